The van der Waals surface area contributed by atoms with E-state index in [4.69, 9.17) is 9.47 Å². The molecule has 0 radical (unpaired) electrons. The Morgan fingerprint density at radius 3 is 2.23 bits per heavy atom. The highest BCUT2D eigenvalue weighted by Crippen LogP contribution is 2.44. The summed E-state index contributed by atoms with van der Waals surface area (Å²) in [6, 6.07) is 0.355. The van der Waals surface area contributed by atoms with Crippen LogP contribution in [0.25, 0.3) is 0 Å². The van der Waals surface area contributed by atoms with E-state index in [9.17, 15) is 4.79 Å². The first-order chi connectivity index (χ1) is 10.0. The summed E-state index contributed by atoms with van der Waals surface area (Å²) in [7, 11) is 1.97. The molecule has 5 atom stereocenters. The van der Waals surface area contributed by atoms with Gasteiger partial charge in [-0.25, -0.2) is 0 Å². The predicted octanol–water partition coefficient (Wildman–Crippen LogP) is 3.25. The molecule has 0 aromatic rings. The topological polar surface area (TPSA) is 50.9 Å². The molecule has 1 N–H and O–H groups in total. The van der Waals surface area contributed by atoms with Gasteiger partial charge in [0.1, 0.15) is 12.7 Å². The highest BCUT2D eigenvalue weighted by molar-refractivity contribution is 5.77. The van der Waals surface area contributed by atoms with Crippen molar-refractivity contribution in [3.8, 4) is 0 Å². The van der Waals surface area contributed by atoms with E-state index in [0.717, 1.165) is 6.42 Å². The molecule has 0 aliphatic carbocycles. The average molecular weight is 313 g/mol. The predicted molar refractivity (Wildman–Crippen MR) is 89.7 cm³/mol. The number of carbonyl (C=O) groups excluding carboxylic acids is 1. The summed E-state index contributed by atoms with van der Waals surface area (Å²) in [6.07, 6.45) is 0.929. The number of carbonyl (C=O) groups is 1. The Kier molecular flexibility index (Phi) is 6.46. The van der Waals surface area contributed by atoms with E-state index in [1.807, 2.05) is 7.05 Å². The smallest absolute Gasteiger partial charge is 0.312 e. The van der Waals surface area contributed by atoms with Crippen molar-refractivity contribution in [2.45, 2.75) is 67.0 Å². The number of ether oxygens (including phenoxy) is 2. The molecule has 1 aliphatic rings. The summed E-state index contributed by atoms with van der Waals surface area (Å²) >= 11 is 0. The van der Waals surface area contributed by atoms with E-state index in [-0.39, 0.29) is 23.4 Å². The first-order valence-electron chi connectivity index (χ1n) is 8.47. The molecule has 0 bridgehead atoms. The van der Waals surface area contributed by atoms with Crippen molar-refractivity contribution in [3.63, 3.8) is 0 Å². The molecule has 1 aliphatic heterocycles. The second-order valence-corrected chi connectivity index (χ2v) is 8.43. The molecular formula is C18H35NO3. The highest BCUT2D eigenvalue weighted by atomic mass is 16.6. The number of rotatable bonds is 8. The molecule has 130 valence electrons. The molecule has 4 nitrogen and oxygen atoms in total. The van der Waals surface area contributed by atoms with Crippen LogP contribution in [0.5, 0.6) is 0 Å². The van der Waals surface area contributed by atoms with Crippen LogP contribution in [-0.2, 0) is 14.3 Å². The zero-order chi connectivity index (χ0) is 17.1. The monoisotopic (exact) mass is 313 g/mol. The normalized spacial score (nSPS) is 25.0. The Labute approximate surface area is 136 Å². The zero-order valence-electron chi connectivity index (χ0n) is 15.7. The van der Waals surface area contributed by atoms with Crippen molar-refractivity contribution in [2.75, 3.05) is 20.3 Å². The van der Waals surface area contributed by atoms with Crippen LogP contribution in [0.1, 0.15) is 54.9 Å². The molecule has 0 aromatic carbocycles. The molecule has 1 rings (SSSR count). The number of epoxide rings is 1. The number of nitrogens with one attached hydrogen (secondary N) is 1. The van der Waals surface area contributed by atoms with Gasteiger partial charge in [0, 0.05) is 6.04 Å². The lowest BCUT2D eigenvalue weighted by Crippen LogP contribution is -2.46. The van der Waals surface area contributed by atoms with Crippen molar-refractivity contribution in [2.24, 2.45) is 22.7 Å². The average Bonchev–Trinajstić information content (AvgIpc) is 3.24. The lowest BCUT2D eigenvalue weighted by Gasteiger charge is -2.42. The maximum Gasteiger partial charge on any atom is 0.312 e. The number of hydrogen-bond acceptors (Lipinski definition) is 4. The van der Waals surface area contributed by atoms with Gasteiger partial charge in [-0.05, 0) is 44.6 Å². The third-order valence-electron chi connectivity index (χ3n) is 5.20. The van der Waals surface area contributed by atoms with Crippen molar-refractivity contribution in [1.82, 2.24) is 5.32 Å². The van der Waals surface area contributed by atoms with Crippen molar-refractivity contribution >= 4 is 5.97 Å². The SMILES string of the molecule is CNC(C)C(C)C(C)C(C)(CC(C)(C)C)C(=O)OCC1CO1. The van der Waals surface area contributed by atoms with E-state index in [1.165, 1.54) is 0 Å². The van der Waals surface area contributed by atoms with Gasteiger partial charge in [-0.15, -0.1) is 0 Å². The Hall–Kier alpha value is -0.610. The van der Waals surface area contributed by atoms with Gasteiger partial charge in [0.2, 0.25) is 0 Å². The fourth-order valence-corrected chi connectivity index (χ4v) is 3.29. The van der Waals surface area contributed by atoms with Crippen LogP contribution in [0, 0.1) is 22.7 Å². The first kappa shape index (κ1) is 19.4. The molecule has 1 saturated heterocycles. The van der Waals surface area contributed by atoms with Crippen LogP contribution in [0.3, 0.4) is 0 Å². The van der Waals surface area contributed by atoms with E-state index < -0.39 is 5.41 Å². The van der Waals surface area contributed by atoms with Gasteiger partial charge >= 0.3 is 5.97 Å². The summed E-state index contributed by atoms with van der Waals surface area (Å²) in [6.45, 7) is 16.3. The number of esters is 1. The van der Waals surface area contributed by atoms with Crippen LogP contribution < -0.4 is 5.32 Å². The summed E-state index contributed by atoms with van der Waals surface area (Å²) in [5.74, 6) is 0.518. The Bertz CT molecular complexity index is 373. The maximum atomic E-state index is 12.8. The summed E-state index contributed by atoms with van der Waals surface area (Å²) in [5.41, 5.74) is -0.418. The molecule has 5 unspecified atom stereocenters. The molecule has 0 spiro atoms. The Morgan fingerprint density at radius 2 is 1.82 bits per heavy atom. The first-order valence-corrected chi connectivity index (χ1v) is 8.47. The lowest BCUT2D eigenvalue weighted by atomic mass is 9.63. The molecule has 22 heavy (non-hydrogen) atoms. The maximum absolute atomic E-state index is 12.8. The van der Waals surface area contributed by atoms with Gasteiger partial charge in [-0.1, -0.05) is 34.6 Å². The van der Waals surface area contributed by atoms with E-state index >= 15 is 0 Å². The molecule has 4 heteroatoms. The van der Waals surface area contributed by atoms with Gasteiger partial charge < -0.3 is 14.8 Å². The van der Waals surface area contributed by atoms with Crippen LogP contribution in [0.2, 0.25) is 0 Å². The zero-order valence-corrected chi connectivity index (χ0v) is 15.7. The Balaban J connectivity index is 2.90. The van der Waals surface area contributed by atoms with Gasteiger partial charge in [0.25, 0.3) is 0 Å². The quantitative estimate of drug-likeness (QED) is 0.552. The van der Waals surface area contributed by atoms with Crippen LogP contribution >= 0.6 is 0 Å². The Morgan fingerprint density at radius 1 is 1.27 bits per heavy atom. The van der Waals surface area contributed by atoms with Gasteiger partial charge in [0.15, 0.2) is 0 Å². The minimum absolute atomic E-state index is 0.0702. The van der Waals surface area contributed by atoms with Gasteiger partial charge in [-0.2, -0.15) is 0 Å². The third-order valence-corrected chi connectivity index (χ3v) is 5.20. The molecule has 0 amide bonds. The fraction of sp³-hybridized carbons (Fsp3) is 0.944. The highest BCUT2D eigenvalue weighted by Gasteiger charge is 2.46. The molecule has 1 fully saturated rings. The van der Waals surface area contributed by atoms with Crippen LogP contribution in [0.15, 0.2) is 0 Å². The summed E-state index contributed by atoms with van der Waals surface area (Å²) < 4.78 is 10.7. The summed E-state index contributed by atoms with van der Waals surface area (Å²) in [4.78, 5) is 12.8. The molecule has 1 heterocycles. The van der Waals surface area contributed by atoms with Crippen molar-refractivity contribution in [3.05, 3.63) is 0 Å². The third kappa shape index (κ3) is 5.24. The number of hydrogen-bond donors (Lipinski definition) is 1. The second-order valence-electron chi connectivity index (χ2n) is 8.43. The van der Waals surface area contributed by atoms with Gasteiger partial charge in [0.05, 0.1) is 12.0 Å². The largest absolute Gasteiger partial charge is 0.462 e. The fourth-order valence-electron chi connectivity index (χ4n) is 3.29. The van der Waals surface area contributed by atoms with E-state index in [1.54, 1.807) is 0 Å². The van der Waals surface area contributed by atoms with Gasteiger partial charge in [-0.3, -0.25) is 4.79 Å². The van der Waals surface area contributed by atoms with E-state index in [0.29, 0.717) is 25.2 Å². The standard InChI is InChI=1S/C18H35NO3/c1-12(14(3)19-8)13(2)18(7,11-17(4,5)6)16(20)22-10-15-9-21-15/h12-15,19H,9-11H2,1-8H3. The van der Waals surface area contributed by atoms with Crippen LogP contribution in [0.4, 0.5) is 0 Å². The van der Waals surface area contributed by atoms with Crippen molar-refractivity contribution < 1.29 is 14.3 Å². The van der Waals surface area contributed by atoms with Crippen molar-refractivity contribution in [1.29, 1.82) is 0 Å². The second kappa shape index (κ2) is 7.31. The lowest BCUT2D eigenvalue weighted by molar-refractivity contribution is -0.162. The molecular weight excluding hydrogens is 278 g/mol. The molecule has 0 aromatic heterocycles. The minimum Gasteiger partial charge on any atom is -0.462 e. The summed E-state index contributed by atoms with van der Waals surface area (Å²) in [5, 5.41) is 3.31. The minimum atomic E-state index is -0.488. The molecule has 0 saturated carbocycles. The van der Waals surface area contributed by atoms with Crippen LogP contribution in [-0.4, -0.2) is 38.4 Å². The van der Waals surface area contributed by atoms with E-state index in [2.05, 4.69) is 53.8 Å².